The Morgan fingerprint density at radius 2 is 1.73 bits per heavy atom. The summed E-state index contributed by atoms with van der Waals surface area (Å²) < 4.78 is 0. The van der Waals surface area contributed by atoms with Crippen LogP contribution in [0.4, 0.5) is 0 Å². The van der Waals surface area contributed by atoms with Gasteiger partial charge in [-0.25, -0.2) is 0 Å². The SMILES string of the molecule is CCCC(C)C(O)(O)CCC. The van der Waals surface area contributed by atoms with Crippen molar-refractivity contribution in [1.29, 1.82) is 0 Å². The van der Waals surface area contributed by atoms with Gasteiger partial charge in [0.25, 0.3) is 0 Å². The summed E-state index contributed by atoms with van der Waals surface area (Å²) in [4.78, 5) is 0. The number of hydrogen-bond donors (Lipinski definition) is 2. The van der Waals surface area contributed by atoms with Crippen LogP contribution in [0.15, 0.2) is 0 Å². The Morgan fingerprint density at radius 1 is 1.18 bits per heavy atom. The van der Waals surface area contributed by atoms with Crippen LogP contribution in [0.25, 0.3) is 0 Å². The molecule has 0 aliphatic heterocycles. The Hall–Kier alpha value is -0.0800. The minimum atomic E-state index is -1.44. The molecule has 0 aromatic rings. The van der Waals surface area contributed by atoms with Crippen LogP contribution in [0.2, 0.25) is 0 Å². The summed E-state index contributed by atoms with van der Waals surface area (Å²) in [5.41, 5.74) is 0. The van der Waals surface area contributed by atoms with E-state index < -0.39 is 5.79 Å². The van der Waals surface area contributed by atoms with Gasteiger partial charge < -0.3 is 10.2 Å². The summed E-state index contributed by atoms with van der Waals surface area (Å²) in [6.45, 7) is 5.90. The molecule has 0 heterocycles. The van der Waals surface area contributed by atoms with Gasteiger partial charge in [-0.05, 0) is 6.42 Å². The highest BCUT2D eigenvalue weighted by Crippen LogP contribution is 2.23. The minimum Gasteiger partial charge on any atom is -0.365 e. The Morgan fingerprint density at radius 3 is 2.09 bits per heavy atom. The maximum atomic E-state index is 9.47. The summed E-state index contributed by atoms with van der Waals surface area (Å²) in [5.74, 6) is -1.45. The quantitative estimate of drug-likeness (QED) is 0.603. The monoisotopic (exact) mass is 160 g/mol. The lowest BCUT2D eigenvalue weighted by Gasteiger charge is -2.27. The Kier molecular flexibility index (Phi) is 4.69. The molecule has 0 rings (SSSR count). The normalized spacial score (nSPS) is 15.0. The standard InChI is InChI=1S/C9H20O2/c1-4-6-8(3)9(10,11)7-5-2/h8,10-11H,4-7H2,1-3H3. The zero-order valence-electron chi connectivity index (χ0n) is 7.80. The molecule has 11 heavy (non-hydrogen) atoms. The molecule has 0 bridgehead atoms. The molecule has 2 N–H and O–H groups in total. The summed E-state index contributed by atoms with van der Waals surface area (Å²) in [6, 6.07) is 0. The fourth-order valence-electron chi connectivity index (χ4n) is 1.28. The topological polar surface area (TPSA) is 40.5 Å². The predicted molar refractivity (Wildman–Crippen MR) is 46.1 cm³/mol. The highest BCUT2D eigenvalue weighted by atomic mass is 16.5. The summed E-state index contributed by atoms with van der Waals surface area (Å²) in [6.07, 6.45) is 3.19. The number of hydrogen-bond acceptors (Lipinski definition) is 2. The third kappa shape index (κ3) is 3.73. The van der Waals surface area contributed by atoms with Crippen LogP contribution < -0.4 is 0 Å². The molecule has 1 atom stereocenters. The van der Waals surface area contributed by atoms with E-state index in [2.05, 4.69) is 6.92 Å². The lowest BCUT2D eigenvalue weighted by atomic mass is 9.92. The molecule has 0 aromatic heterocycles. The van der Waals surface area contributed by atoms with E-state index in [1.54, 1.807) is 0 Å². The van der Waals surface area contributed by atoms with Crippen molar-refractivity contribution in [1.82, 2.24) is 0 Å². The van der Waals surface area contributed by atoms with Crippen LogP contribution in [0.3, 0.4) is 0 Å². The second-order valence-corrected chi connectivity index (χ2v) is 3.32. The minimum absolute atomic E-state index is 0.00699. The Bertz CT molecular complexity index is 99.7. The molecule has 0 fully saturated rings. The van der Waals surface area contributed by atoms with Crippen molar-refractivity contribution in [2.45, 2.75) is 52.2 Å². The lowest BCUT2D eigenvalue weighted by Crippen LogP contribution is -2.35. The van der Waals surface area contributed by atoms with Gasteiger partial charge in [-0.3, -0.25) is 0 Å². The van der Waals surface area contributed by atoms with Gasteiger partial charge in [0.05, 0.1) is 0 Å². The summed E-state index contributed by atoms with van der Waals surface area (Å²) >= 11 is 0. The van der Waals surface area contributed by atoms with Crippen molar-refractivity contribution in [3.05, 3.63) is 0 Å². The average molecular weight is 160 g/mol. The number of aliphatic hydroxyl groups is 2. The van der Waals surface area contributed by atoms with Crippen LogP contribution in [-0.4, -0.2) is 16.0 Å². The van der Waals surface area contributed by atoms with Gasteiger partial charge in [0.1, 0.15) is 0 Å². The number of rotatable bonds is 5. The van der Waals surface area contributed by atoms with Crippen molar-refractivity contribution in [3.63, 3.8) is 0 Å². The zero-order chi connectivity index (χ0) is 8.91. The molecule has 0 radical (unpaired) electrons. The maximum Gasteiger partial charge on any atom is 0.165 e. The molecular weight excluding hydrogens is 140 g/mol. The molecule has 2 heteroatoms. The van der Waals surface area contributed by atoms with Crippen LogP contribution in [0, 0.1) is 5.92 Å². The second kappa shape index (κ2) is 4.73. The van der Waals surface area contributed by atoms with Crippen LogP contribution in [-0.2, 0) is 0 Å². The molecule has 1 unspecified atom stereocenters. The van der Waals surface area contributed by atoms with E-state index in [4.69, 9.17) is 0 Å². The smallest absolute Gasteiger partial charge is 0.165 e. The fourth-order valence-corrected chi connectivity index (χ4v) is 1.28. The molecule has 0 saturated heterocycles. The molecule has 0 aliphatic rings. The van der Waals surface area contributed by atoms with E-state index in [1.165, 1.54) is 0 Å². The maximum absolute atomic E-state index is 9.47. The molecule has 2 nitrogen and oxygen atoms in total. The van der Waals surface area contributed by atoms with Gasteiger partial charge in [0, 0.05) is 12.3 Å². The van der Waals surface area contributed by atoms with Gasteiger partial charge in [0.2, 0.25) is 0 Å². The highest BCUT2D eigenvalue weighted by Gasteiger charge is 2.28. The van der Waals surface area contributed by atoms with Crippen LogP contribution in [0.1, 0.15) is 46.5 Å². The van der Waals surface area contributed by atoms with Gasteiger partial charge >= 0.3 is 0 Å². The van der Waals surface area contributed by atoms with E-state index in [0.717, 1.165) is 19.3 Å². The predicted octanol–water partition coefficient (Wildman–Crippen LogP) is 1.90. The fraction of sp³-hybridized carbons (Fsp3) is 1.00. The van der Waals surface area contributed by atoms with E-state index in [9.17, 15) is 10.2 Å². The summed E-state index contributed by atoms with van der Waals surface area (Å²) in [7, 11) is 0. The van der Waals surface area contributed by atoms with Crippen molar-refractivity contribution in [2.75, 3.05) is 0 Å². The third-order valence-corrected chi connectivity index (χ3v) is 2.13. The van der Waals surface area contributed by atoms with E-state index in [1.807, 2.05) is 13.8 Å². The molecule has 0 amide bonds. The van der Waals surface area contributed by atoms with E-state index in [-0.39, 0.29) is 5.92 Å². The molecule has 0 saturated carbocycles. The van der Waals surface area contributed by atoms with Gasteiger partial charge in [-0.2, -0.15) is 0 Å². The first-order valence-electron chi connectivity index (χ1n) is 4.49. The first-order chi connectivity index (χ1) is 5.04. The zero-order valence-corrected chi connectivity index (χ0v) is 7.80. The van der Waals surface area contributed by atoms with Crippen LogP contribution in [0.5, 0.6) is 0 Å². The van der Waals surface area contributed by atoms with Crippen molar-refractivity contribution in [3.8, 4) is 0 Å². The van der Waals surface area contributed by atoms with Crippen molar-refractivity contribution < 1.29 is 10.2 Å². The highest BCUT2D eigenvalue weighted by molar-refractivity contribution is 4.70. The first-order valence-corrected chi connectivity index (χ1v) is 4.49. The molecule has 0 spiro atoms. The van der Waals surface area contributed by atoms with Gasteiger partial charge in [-0.15, -0.1) is 0 Å². The largest absolute Gasteiger partial charge is 0.365 e. The molecular formula is C9H20O2. The second-order valence-electron chi connectivity index (χ2n) is 3.32. The van der Waals surface area contributed by atoms with E-state index in [0.29, 0.717) is 6.42 Å². The van der Waals surface area contributed by atoms with Gasteiger partial charge in [-0.1, -0.05) is 33.6 Å². The molecule has 0 aromatic carbocycles. The van der Waals surface area contributed by atoms with Gasteiger partial charge in [0.15, 0.2) is 5.79 Å². The third-order valence-electron chi connectivity index (χ3n) is 2.13. The molecule has 0 aliphatic carbocycles. The van der Waals surface area contributed by atoms with Crippen molar-refractivity contribution in [2.24, 2.45) is 5.92 Å². The average Bonchev–Trinajstić information content (AvgIpc) is 1.88. The Balaban J connectivity index is 3.83. The summed E-state index contributed by atoms with van der Waals surface area (Å²) in [5, 5.41) is 18.9. The Labute approximate surface area is 69.2 Å². The van der Waals surface area contributed by atoms with Crippen molar-refractivity contribution >= 4 is 0 Å². The first kappa shape index (κ1) is 10.9. The lowest BCUT2D eigenvalue weighted by molar-refractivity contribution is -0.202. The molecule has 68 valence electrons. The van der Waals surface area contributed by atoms with Crippen LogP contribution >= 0.6 is 0 Å². The van der Waals surface area contributed by atoms with E-state index >= 15 is 0 Å².